The van der Waals surface area contributed by atoms with E-state index in [1.807, 2.05) is 4.90 Å². The van der Waals surface area contributed by atoms with Gasteiger partial charge in [0.1, 0.15) is 0 Å². The molecule has 7 heteroatoms. The van der Waals surface area contributed by atoms with E-state index in [2.05, 4.69) is 10.3 Å². The van der Waals surface area contributed by atoms with Crippen LogP contribution in [-0.4, -0.2) is 42.9 Å². The van der Waals surface area contributed by atoms with Gasteiger partial charge in [0.2, 0.25) is 11.9 Å². The van der Waals surface area contributed by atoms with Gasteiger partial charge in [0.05, 0.1) is 0 Å². The van der Waals surface area contributed by atoms with E-state index in [0.29, 0.717) is 12.3 Å². The molecule has 0 aromatic heterocycles. The van der Waals surface area contributed by atoms with Crippen LogP contribution in [0.25, 0.3) is 0 Å². The van der Waals surface area contributed by atoms with Crippen molar-refractivity contribution in [2.45, 2.75) is 19.3 Å². The highest BCUT2D eigenvalue weighted by Gasteiger charge is 2.22. The van der Waals surface area contributed by atoms with Gasteiger partial charge in [-0.1, -0.05) is 0 Å². The molecular formula is C10H20N6O. The fourth-order valence-corrected chi connectivity index (χ4v) is 1.91. The van der Waals surface area contributed by atoms with Gasteiger partial charge in [-0.3, -0.25) is 10.2 Å². The van der Waals surface area contributed by atoms with Crippen molar-refractivity contribution in [1.29, 1.82) is 5.41 Å². The Bertz CT molecular complexity index is 315. The summed E-state index contributed by atoms with van der Waals surface area (Å²) in [6.45, 7) is 1.44. The number of likely N-dealkylation sites (tertiary alicyclic amines) is 1. The van der Waals surface area contributed by atoms with Crippen LogP contribution in [0.5, 0.6) is 0 Å². The first-order chi connectivity index (χ1) is 8.02. The fraction of sp³-hybridized carbons (Fsp3) is 0.700. The summed E-state index contributed by atoms with van der Waals surface area (Å²) in [5, 5.41) is 10.3. The highest BCUT2D eigenvalue weighted by molar-refractivity contribution is 5.91. The zero-order valence-electron chi connectivity index (χ0n) is 10.1. The largest absolute Gasteiger partial charge is 0.370 e. The van der Waals surface area contributed by atoms with E-state index >= 15 is 0 Å². The van der Waals surface area contributed by atoms with E-state index in [1.54, 1.807) is 7.05 Å². The molecular weight excluding hydrogens is 220 g/mol. The molecule has 0 radical (unpaired) electrons. The van der Waals surface area contributed by atoms with Crippen LogP contribution in [0.15, 0.2) is 4.99 Å². The lowest BCUT2D eigenvalue weighted by Crippen LogP contribution is -2.39. The number of piperidine rings is 1. The van der Waals surface area contributed by atoms with E-state index in [4.69, 9.17) is 16.9 Å². The van der Waals surface area contributed by atoms with Crippen LogP contribution in [0.3, 0.4) is 0 Å². The lowest BCUT2D eigenvalue weighted by Gasteiger charge is -2.31. The van der Waals surface area contributed by atoms with Crippen LogP contribution in [0.1, 0.15) is 19.3 Å². The number of carbonyl (C=O) groups is 1. The average Bonchev–Trinajstić information content (AvgIpc) is 2.28. The summed E-state index contributed by atoms with van der Waals surface area (Å²) in [6.07, 6.45) is 2.32. The maximum atomic E-state index is 11.2. The number of carbonyl (C=O) groups excluding carboxylic acids is 1. The SMILES string of the molecule is CNC(=O)CC1CCN(C(=N)N=C(N)N)CC1. The lowest BCUT2D eigenvalue weighted by molar-refractivity contribution is -0.121. The summed E-state index contributed by atoms with van der Waals surface area (Å²) in [6, 6.07) is 0. The number of nitrogens with two attached hydrogens (primary N) is 2. The monoisotopic (exact) mass is 240 g/mol. The predicted molar refractivity (Wildman–Crippen MR) is 66.5 cm³/mol. The molecule has 7 nitrogen and oxygen atoms in total. The van der Waals surface area contributed by atoms with Gasteiger partial charge in [0.25, 0.3) is 0 Å². The summed E-state index contributed by atoms with van der Waals surface area (Å²) in [4.78, 5) is 16.7. The van der Waals surface area contributed by atoms with Crippen molar-refractivity contribution >= 4 is 17.8 Å². The van der Waals surface area contributed by atoms with Crippen molar-refractivity contribution < 1.29 is 4.79 Å². The molecule has 0 saturated carbocycles. The van der Waals surface area contributed by atoms with Crippen LogP contribution in [0.4, 0.5) is 0 Å². The third kappa shape index (κ3) is 4.29. The van der Waals surface area contributed by atoms with Crippen LogP contribution in [-0.2, 0) is 4.79 Å². The maximum Gasteiger partial charge on any atom is 0.221 e. The number of hydrogen-bond acceptors (Lipinski definition) is 2. The van der Waals surface area contributed by atoms with Crippen LogP contribution in [0, 0.1) is 11.3 Å². The summed E-state index contributed by atoms with van der Waals surface area (Å²) in [5.41, 5.74) is 10.4. The Morgan fingerprint density at radius 2 is 2.06 bits per heavy atom. The average molecular weight is 240 g/mol. The molecule has 0 spiro atoms. The van der Waals surface area contributed by atoms with Crippen molar-refractivity contribution in [1.82, 2.24) is 10.2 Å². The standard InChI is InChI=1S/C10H20N6O/c1-14-8(17)6-7-2-4-16(5-3-7)10(13)15-9(11)12/h7H,2-6H2,1H3,(H,14,17)(H5,11,12,13,15). The Labute approximate surface area is 101 Å². The normalized spacial score (nSPS) is 16.4. The van der Waals surface area contributed by atoms with Crippen molar-refractivity contribution in [3.63, 3.8) is 0 Å². The molecule has 1 saturated heterocycles. The number of hydrogen-bond donors (Lipinski definition) is 4. The molecule has 17 heavy (non-hydrogen) atoms. The minimum absolute atomic E-state index is 0.0720. The van der Waals surface area contributed by atoms with Gasteiger partial charge in [0.15, 0.2) is 5.96 Å². The maximum absolute atomic E-state index is 11.2. The van der Waals surface area contributed by atoms with Crippen LogP contribution < -0.4 is 16.8 Å². The van der Waals surface area contributed by atoms with Gasteiger partial charge in [-0.2, -0.15) is 4.99 Å². The molecule has 0 aliphatic carbocycles. The Morgan fingerprint density at radius 3 is 2.53 bits per heavy atom. The Hall–Kier alpha value is -1.79. The second-order valence-electron chi connectivity index (χ2n) is 4.17. The minimum atomic E-state index is -0.0949. The van der Waals surface area contributed by atoms with Gasteiger partial charge >= 0.3 is 0 Å². The molecule has 6 N–H and O–H groups in total. The van der Waals surface area contributed by atoms with Crippen molar-refractivity contribution in [2.75, 3.05) is 20.1 Å². The van der Waals surface area contributed by atoms with Crippen LogP contribution >= 0.6 is 0 Å². The highest BCUT2D eigenvalue weighted by Crippen LogP contribution is 2.20. The number of nitrogens with zero attached hydrogens (tertiary/aromatic N) is 2. The van der Waals surface area contributed by atoms with E-state index in [1.165, 1.54) is 0 Å². The smallest absolute Gasteiger partial charge is 0.221 e. The number of guanidine groups is 2. The van der Waals surface area contributed by atoms with Crippen molar-refractivity contribution in [3.8, 4) is 0 Å². The van der Waals surface area contributed by atoms with Gasteiger partial charge in [-0.15, -0.1) is 0 Å². The molecule has 0 unspecified atom stereocenters. The summed E-state index contributed by atoms with van der Waals surface area (Å²) >= 11 is 0. The topological polar surface area (TPSA) is 121 Å². The molecule has 1 amide bonds. The molecule has 1 fully saturated rings. The molecule has 0 aromatic rings. The Balaban J connectivity index is 2.38. The highest BCUT2D eigenvalue weighted by atomic mass is 16.1. The number of rotatable bonds is 2. The minimum Gasteiger partial charge on any atom is -0.370 e. The van der Waals surface area contributed by atoms with E-state index in [-0.39, 0.29) is 17.8 Å². The quantitative estimate of drug-likeness (QED) is 0.367. The zero-order valence-corrected chi connectivity index (χ0v) is 10.1. The lowest BCUT2D eigenvalue weighted by atomic mass is 9.93. The molecule has 1 aliphatic heterocycles. The number of nitrogens with one attached hydrogen (secondary N) is 2. The molecule has 0 bridgehead atoms. The van der Waals surface area contributed by atoms with Gasteiger partial charge in [-0.05, 0) is 18.8 Å². The molecule has 1 rings (SSSR count). The summed E-state index contributed by atoms with van der Waals surface area (Å²) in [7, 11) is 1.64. The zero-order chi connectivity index (χ0) is 12.8. The molecule has 0 aromatic carbocycles. The van der Waals surface area contributed by atoms with E-state index in [9.17, 15) is 4.79 Å². The van der Waals surface area contributed by atoms with Crippen LogP contribution in [0.2, 0.25) is 0 Å². The third-order valence-electron chi connectivity index (χ3n) is 2.90. The molecule has 96 valence electrons. The second-order valence-corrected chi connectivity index (χ2v) is 4.17. The van der Waals surface area contributed by atoms with Gasteiger partial charge in [-0.25, -0.2) is 0 Å². The van der Waals surface area contributed by atoms with E-state index in [0.717, 1.165) is 25.9 Å². The first-order valence-electron chi connectivity index (χ1n) is 5.66. The van der Waals surface area contributed by atoms with E-state index < -0.39 is 0 Å². The number of amides is 1. The summed E-state index contributed by atoms with van der Waals surface area (Å²) < 4.78 is 0. The fourth-order valence-electron chi connectivity index (χ4n) is 1.91. The first kappa shape index (κ1) is 13.3. The predicted octanol–water partition coefficient (Wildman–Crippen LogP) is -0.957. The number of aliphatic imine (C=N–C) groups is 1. The second kappa shape index (κ2) is 6.07. The molecule has 1 heterocycles. The first-order valence-corrected chi connectivity index (χ1v) is 5.66. The van der Waals surface area contributed by atoms with Crippen molar-refractivity contribution in [2.24, 2.45) is 22.4 Å². The van der Waals surface area contributed by atoms with Gasteiger partial charge in [0, 0.05) is 26.6 Å². The Kier molecular flexibility index (Phi) is 4.74. The Morgan fingerprint density at radius 1 is 1.47 bits per heavy atom. The molecule has 0 atom stereocenters. The van der Waals surface area contributed by atoms with Gasteiger partial charge < -0.3 is 21.7 Å². The molecule has 1 aliphatic rings. The van der Waals surface area contributed by atoms with Crippen molar-refractivity contribution in [3.05, 3.63) is 0 Å². The third-order valence-corrected chi connectivity index (χ3v) is 2.90. The summed E-state index contributed by atoms with van der Waals surface area (Å²) in [5.74, 6) is 0.465.